The van der Waals surface area contributed by atoms with Gasteiger partial charge in [-0.3, -0.25) is 10.1 Å². The minimum absolute atomic E-state index is 0.0261. The van der Waals surface area contributed by atoms with Crippen LogP contribution >= 0.6 is 0 Å². The predicted octanol–water partition coefficient (Wildman–Crippen LogP) is 2.97. The van der Waals surface area contributed by atoms with Gasteiger partial charge in [0.15, 0.2) is 11.5 Å². The monoisotopic (exact) mass is 399 g/mol. The molecule has 2 heterocycles. The van der Waals surface area contributed by atoms with E-state index in [2.05, 4.69) is 15.6 Å². The molecule has 1 amide bonds. The first-order valence-electron chi connectivity index (χ1n) is 9.57. The van der Waals surface area contributed by atoms with Crippen molar-refractivity contribution >= 4 is 17.6 Å². The second kappa shape index (κ2) is 8.91. The molecule has 1 fully saturated rings. The molecule has 0 aliphatic carbocycles. The molecule has 1 atom stereocenters. The molecule has 0 spiro atoms. The zero-order valence-corrected chi connectivity index (χ0v) is 15.8. The average molecular weight is 399 g/mol. The Bertz CT molecular complexity index is 913. The van der Waals surface area contributed by atoms with Gasteiger partial charge in [-0.05, 0) is 43.2 Å². The van der Waals surface area contributed by atoms with Crippen LogP contribution in [0.25, 0.3) is 0 Å². The number of halogens is 1. The van der Waals surface area contributed by atoms with Crippen molar-refractivity contribution < 1.29 is 23.4 Å². The Morgan fingerprint density at radius 1 is 1.10 bits per heavy atom. The second-order valence-corrected chi connectivity index (χ2v) is 6.77. The smallest absolute Gasteiger partial charge is 0.258 e. The molecule has 0 bridgehead atoms. The van der Waals surface area contributed by atoms with Crippen LogP contribution in [-0.2, 0) is 4.74 Å². The van der Waals surface area contributed by atoms with Crippen molar-refractivity contribution in [3.05, 3.63) is 53.8 Å². The number of guanidine groups is 1. The minimum Gasteiger partial charge on any atom is -0.486 e. The van der Waals surface area contributed by atoms with E-state index >= 15 is 0 Å². The fourth-order valence-electron chi connectivity index (χ4n) is 3.16. The Labute approximate surface area is 167 Å². The predicted molar refractivity (Wildman–Crippen MR) is 106 cm³/mol. The van der Waals surface area contributed by atoms with Crippen molar-refractivity contribution in [3.63, 3.8) is 0 Å². The number of benzene rings is 2. The van der Waals surface area contributed by atoms with Crippen LogP contribution in [0.15, 0.2) is 47.5 Å². The summed E-state index contributed by atoms with van der Waals surface area (Å²) >= 11 is 0. The number of nitrogens with zero attached hydrogens (tertiary/aromatic N) is 1. The zero-order valence-electron chi connectivity index (χ0n) is 15.8. The summed E-state index contributed by atoms with van der Waals surface area (Å²) in [5.74, 6) is 0.613. The molecule has 0 aromatic heterocycles. The number of aliphatic imine (C=N–C) groups is 1. The van der Waals surface area contributed by atoms with Gasteiger partial charge in [-0.15, -0.1) is 0 Å². The van der Waals surface area contributed by atoms with Crippen LogP contribution in [0.4, 0.5) is 10.1 Å². The third-order valence-electron chi connectivity index (χ3n) is 4.60. The summed E-state index contributed by atoms with van der Waals surface area (Å²) in [6.45, 7) is 2.13. The molecule has 7 nitrogen and oxygen atoms in total. The number of amides is 1. The van der Waals surface area contributed by atoms with Crippen LogP contribution in [0, 0.1) is 5.82 Å². The first-order valence-corrected chi connectivity index (χ1v) is 9.57. The molecular weight excluding hydrogens is 377 g/mol. The van der Waals surface area contributed by atoms with Gasteiger partial charge in [0, 0.05) is 23.9 Å². The van der Waals surface area contributed by atoms with Crippen LogP contribution in [0.5, 0.6) is 11.5 Å². The van der Waals surface area contributed by atoms with Crippen LogP contribution in [-0.4, -0.2) is 44.3 Å². The van der Waals surface area contributed by atoms with E-state index in [-0.39, 0.29) is 17.6 Å². The molecule has 0 unspecified atom stereocenters. The number of carbonyl (C=O) groups is 1. The lowest BCUT2D eigenvalue weighted by Gasteiger charge is -2.19. The first-order chi connectivity index (χ1) is 14.2. The van der Waals surface area contributed by atoms with Crippen LogP contribution in [0.1, 0.15) is 23.2 Å². The lowest BCUT2D eigenvalue weighted by molar-refractivity contribution is 0.0975. The van der Waals surface area contributed by atoms with E-state index in [0.717, 1.165) is 19.4 Å². The summed E-state index contributed by atoms with van der Waals surface area (Å²) in [4.78, 5) is 17.0. The average Bonchev–Trinajstić information content (AvgIpc) is 3.25. The van der Waals surface area contributed by atoms with Crippen LogP contribution in [0.2, 0.25) is 0 Å². The number of fused-ring (bicyclic) bond motifs is 1. The molecule has 1 saturated heterocycles. The van der Waals surface area contributed by atoms with Gasteiger partial charge < -0.3 is 19.5 Å². The summed E-state index contributed by atoms with van der Waals surface area (Å²) in [5, 5.41) is 5.82. The Morgan fingerprint density at radius 3 is 2.76 bits per heavy atom. The molecule has 2 aliphatic rings. The third kappa shape index (κ3) is 5.03. The summed E-state index contributed by atoms with van der Waals surface area (Å²) < 4.78 is 30.2. The highest BCUT2D eigenvalue weighted by Gasteiger charge is 2.17. The van der Waals surface area contributed by atoms with E-state index in [1.807, 2.05) is 6.07 Å². The topological polar surface area (TPSA) is 81.2 Å². The van der Waals surface area contributed by atoms with E-state index in [1.54, 1.807) is 18.2 Å². The van der Waals surface area contributed by atoms with Gasteiger partial charge in [0.25, 0.3) is 5.91 Å². The lowest BCUT2D eigenvalue weighted by Crippen LogP contribution is -2.36. The molecule has 152 valence electrons. The maximum Gasteiger partial charge on any atom is 0.258 e. The van der Waals surface area contributed by atoms with Crippen molar-refractivity contribution in [1.29, 1.82) is 0 Å². The minimum atomic E-state index is -0.477. The number of rotatable bonds is 4. The highest BCUT2D eigenvalue weighted by atomic mass is 19.1. The number of hydrogen-bond acceptors (Lipinski definition) is 5. The third-order valence-corrected chi connectivity index (χ3v) is 4.60. The molecule has 0 saturated carbocycles. The van der Waals surface area contributed by atoms with Gasteiger partial charge in [-0.1, -0.05) is 6.07 Å². The Balaban J connectivity index is 1.51. The maximum absolute atomic E-state index is 13.5. The number of hydrogen-bond donors (Lipinski definition) is 2. The quantitative estimate of drug-likeness (QED) is 0.610. The van der Waals surface area contributed by atoms with E-state index < -0.39 is 11.7 Å². The lowest BCUT2D eigenvalue weighted by atomic mass is 10.2. The summed E-state index contributed by atoms with van der Waals surface area (Å²) in [5.41, 5.74) is 0.888. The maximum atomic E-state index is 13.5. The first kappa shape index (κ1) is 19.2. The van der Waals surface area contributed by atoms with Crippen LogP contribution < -0.4 is 20.1 Å². The Kier molecular flexibility index (Phi) is 5.90. The standard InChI is InChI=1S/C21H22FN3O4/c22-15-4-1-3-14(11-15)20(26)25-21(23-13-17-5-2-8-27-17)24-16-6-7-18-19(12-16)29-10-9-28-18/h1,3-4,6-7,11-12,17H,2,5,8-10,13H2,(H2,23,24,25,26)/t17-/m0/s1. The molecule has 2 aromatic carbocycles. The SMILES string of the molecule is O=C(NC(=NC[C@@H]1CCCO1)Nc1ccc2c(c1)OCCO2)c1cccc(F)c1. The molecule has 29 heavy (non-hydrogen) atoms. The Morgan fingerprint density at radius 2 is 1.97 bits per heavy atom. The van der Waals surface area contributed by atoms with Crippen molar-refractivity contribution in [2.75, 3.05) is 31.7 Å². The molecule has 0 radical (unpaired) electrons. The Hall–Kier alpha value is -3.13. The summed E-state index contributed by atoms with van der Waals surface area (Å²) in [7, 11) is 0. The normalized spacial score (nSPS) is 18.4. The molecule has 2 N–H and O–H groups in total. The van der Waals surface area contributed by atoms with Crippen LogP contribution in [0.3, 0.4) is 0 Å². The van der Waals surface area contributed by atoms with E-state index in [0.29, 0.717) is 36.9 Å². The van der Waals surface area contributed by atoms with Crippen molar-refractivity contribution in [1.82, 2.24) is 5.32 Å². The van der Waals surface area contributed by atoms with Gasteiger partial charge in [0.2, 0.25) is 5.96 Å². The fourth-order valence-corrected chi connectivity index (χ4v) is 3.16. The fraction of sp³-hybridized carbons (Fsp3) is 0.333. The van der Waals surface area contributed by atoms with Crippen molar-refractivity contribution in [2.45, 2.75) is 18.9 Å². The van der Waals surface area contributed by atoms with Crippen molar-refractivity contribution in [3.8, 4) is 11.5 Å². The van der Waals surface area contributed by atoms with Gasteiger partial charge in [0.1, 0.15) is 19.0 Å². The highest BCUT2D eigenvalue weighted by Crippen LogP contribution is 2.32. The molecule has 2 aromatic rings. The number of anilines is 1. The van der Waals surface area contributed by atoms with E-state index in [9.17, 15) is 9.18 Å². The molecule has 8 heteroatoms. The van der Waals surface area contributed by atoms with Gasteiger partial charge in [-0.2, -0.15) is 0 Å². The molecular formula is C21H22FN3O4. The number of carbonyl (C=O) groups excluding carboxylic acids is 1. The molecule has 2 aliphatic heterocycles. The van der Waals surface area contributed by atoms with E-state index in [4.69, 9.17) is 14.2 Å². The van der Waals surface area contributed by atoms with E-state index in [1.165, 1.54) is 18.2 Å². The van der Waals surface area contributed by atoms with Gasteiger partial charge in [-0.25, -0.2) is 9.38 Å². The molecule has 4 rings (SSSR count). The largest absolute Gasteiger partial charge is 0.486 e. The van der Waals surface area contributed by atoms with Crippen molar-refractivity contribution in [2.24, 2.45) is 4.99 Å². The van der Waals surface area contributed by atoms with Gasteiger partial charge >= 0.3 is 0 Å². The summed E-state index contributed by atoms with van der Waals surface area (Å²) in [6.07, 6.45) is 1.96. The second-order valence-electron chi connectivity index (χ2n) is 6.77. The van der Waals surface area contributed by atoms with Gasteiger partial charge in [0.05, 0.1) is 12.6 Å². The zero-order chi connectivity index (χ0) is 20.1. The number of nitrogens with one attached hydrogen (secondary N) is 2. The highest BCUT2D eigenvalue weighted by molar-refractivity contribution is 6.10. The number of ether oxygens (including phenoxy) is 3. The summed E-state index contributed by atoms with van der Waals surface area (Å²) in [6, 6.07) is 10.9.